The van der Waals surface area contributed by atoms with Crippen molar-refractivity contribution in [1.82, 2.24) is 5.32 Å². The summed E-state index contributed by atoms with van der Waals surface area (Å²) < 4.78 is 4.81. The number of halogens is 1. The van der Waals surface area contributed by atoms with Gasteiger partial charge in [-0.05, 0) is 30.2 Å². The van der Waals surface area contributed by atoms with Gasteiger partial charge in [-0.2, -0.15) is 0 Å². The van der Waals surface area contributed by atoms with Crippen LogP contribution < -0.4 is 5.32 Å². The van der Waals surface area contributed by atoms with E-state index >= 15 is 0 Å². The zero-order valence-electron chi connectivity index (χ0n) is 9.53. The van der Waals surface area contributed by atoms with Crippen molar-refractivity contribution in [2.24, 2.45) is 0 Å². The molecule has 0 aromatic heterocycles. The van der Waals surface area contributed by atoms with Gasteiger partial charge in [0, 0.05) is 22.8 Å². The van der Waals surface area contributed by atoms with Gasteiger partial charge in [0.05, 0.1) is 6.04 Å². The van der Waals surface area contributed by atoms with Crippen molar-refractivity contribution < 1.29 is 9.53 Å². The van der Waals surface area contributed by atoms with Gasteiger partial charge in [-0.1, -0.05) is 11.6 Å². The van der Waals surface area contributed by atoms with Crippen LogP contribution in [0.5, 0.6) is 0 Å². The van der Waals surface area contributed by atoms with Crippen LogP contribution >= 0.6 is 23.4 Å². The first kappa shape index (κ1) is 12.7. The molecule has 0 fully saturated rings. The van der Waals surface area contributed by atoms with Crippen LogP contribution in [0.3, 0.4) is 0 Å². The number of methoxy groups -OCH3 is 1. The van der Waals surface area contributed by atoms with Crippen molar-refractivity contribution in [2.75, 3.05) is 19.5 Å². The largest absolute Gasteiger partial charge is 0.375 e. The van der Waals surface area contributed by atoms with Gasteiger partial charge in [-0.15, -0.1) is 11.8 Å². The zero-order valence-corrected chi connectivity index (χ0v) is 11.1. The summed E-state index contributed by atoms with van der Waals surface area (Å²) in [6, 6.07) is 5.87. The summed E-state index contributed by atoms with van der Waals surface area (Å²) in [4.78, 5) is 12.7. The van der Waals surface area contributed by atoms with Crippen LogP contribution in [0.1, 0.15) is 18.0 Å². The number of fused-ring (bicyclic) bond motifs is 1. The summed E-state index contributed by atoms with van der Waals surface area (Å²) in [5, 5.41) is 3.67. The molecule has 3 nitrogen and oxygen atoms in total. The molecule has 5 heteroatoms. The molecule has 0 saturated heterocycles. The number of benzene rings is 1. The second-order valence-electron chi connectivity index (χ2n) is 3.87. The average molecular weight is 272 g/mol. The Morgan fingerprint density at radius 3 is 3.24 bits per heavy atom. The van der Waals surface area contributed by atoms with Gasteiger partial charge >= 0.3 is 0 Å². The highest BCUT2D eigenvalue weighted by atomic mass is 35.5. The number of rotatable bonds is 3. The lowest BCUT2D eigenvalue weighted by Gasteiger charge is -2.26. The molecule has 0 saturated carbocycles. The molecule has 17 heavy (non-hydrogen) atoms. The van der Waals surface area contributed by atoms with Crippen LogP contribution in [0.15, 0.2) is 23.1 Å². The molecule has 1 aromatic carbocycles. The van der Waals surface area contributed by atoms with Crippen LogP contribution in [0.2, 0.25) is 5.02 Å². The second-order valence-corrected chi connectivity index (χ2v) is 5.45. The van der Waals surface area contributed by atoms with E-state index in [4.69, 9.17) is 16.3 Å². The number of thioether (sulfide) groups is 1. The molecule has 92 valence electrons. The minimum absolute atomic E-state index is 0.0487. The fraction of sp³-hybridized carbons (Fsp3) is 0.417. The summed E-state index contributed by atoms with van der Waals surface area (Å²) in [6.45, 7) is 0.0968. The predicted molar refractivity (Wildman–Crippen MR) is 69.6 cm³/mol. The lowest BCUT2D eigenvalue weighted by molar-refractivity contribution is -0.125. The van der Waals surface area contributed by atoms with Crippen molar-refractivity contribution in [3.05, 3.63) is 28.8 Å². The first-order valence-electron chi connectivity index (χ1n) is 5.41. The minimum atomic E-state index is -0.0877. The quantitative estimate of drug-likeness (QED) is 0.919. The minimum Gasteiger partial charge on any atom is -0.375 e. The third-order valence-corrected chi connectivity index (χ3v) is 3.98. The summed E-state index contributed by atoms with van der Waals surface area (Å²) in [5.41, 5.74) is 1.11. The smallest absolute Gasteiger partial charge is 0.246 e. The normalized spacial score (nSPS) is 18.6. The molecular formula is C12H14ClNO2S. The SMILES string of the molecule is COCC(=O)NC1CCSc2ccc(Cl)cc21. The molecule has 1 aromatic rings. The highest BCUT2D eigenvalue weighted by molar-refractivity contribution is 7.99. The van der Waals surface area contributed by atoms with Gasteiger partial charge in [0.2, 0.25) is 5.91 Å². The van der Waals surface area contributed by atoms with Crippen LogP contribution in [-0.4, -0.2) is 25.4 Å². The average Bonchev–Trinajstić information content (AvgIpc) is 2.30. The molecule has 2 rings (SSSR count). The number of ether oxygens (including phenoxy) is 1. The van der Waals surface area contributed by atoms with E-state index in [1.807, 2.05) is 18.2 Å². The lowest BCUT2D eigenvalue weighted by Crippen LogP contribution is -2.33. The molecular weight excluding hydrogens is 258 g/mol. The Hall–Kier alpha value is -0.710. The zero-order chi connectivity index (χ0) is 12.3. The maximum absolute atomic E-state index is 11.5. The van der Waals surface area contributed by atoms with E-state index in [2.05, 4.69) is 5.32 Å². The first-order valence-corrected chi connectivity index (χ1v) is 6.77. The molecule has 1 aliphatic heterocycles. The highest BCUT2D eigenvalue weighted by Crippen LogP contribution is 2.37. The number of hydrogen-bond acceptors (Lipinski definition) is 3. The van der Waals surface area contributed by atoms with Gasteiger partial charge in [0.1, 0.15) is 6.61 Å². The fourth-order valence-electron chi connectivity index (χ4n) is 1.88. The van der Waals surface area contributed by atoms with E-state index in [9.17, 15) is 4.79 Å². The van der Waals surface area contributed by atoms with Gasteiger partial charge in [0.15, 0.2) is 0 Å². The Labute approximate surface area is 110 Å². The summed E-state index contributed by atoms with van der Waals surface area (Å²) in [7, 11) is 1.51. The molecule has 0 radical (unpaired) electrons. The Balaban J connectivity index is 2.16. The van der Waals surface area contributed by atoms with Crippen molar-refractivity contribution in [3.8, 4) is 0 Å². The fourth-order valence-corrected chi connectivity index (χ4v) is 3.17. The molecule has 1 atom stereocenters. The van der Waals surface area contributed by atoms with Gasteiger partial charge in [0.25, 0.3) is 0 Å². The summed E-state index contributed by atoms with van der Waals surface area (Å²) in [5.74, 6) is 0.919. The van der Waals surface area contributed by atoms with Gasteiger partial charge < -0.3 is 10.1 Å². The first-order chi connectivity index (χ1) is 8.20. The van der Waals surface area contributed by atoms with Crippen LogP contribution in [-0.2, 0) is 9.53 Å². The van der Waals surface area contributed by atoms with E-state index in [1.54, 1.807) is 11.8 Å². The maximum atomic E-state index is 11.5. The van der Waals surface area contributed by atoms with E-state index in [0.29, 0.717) is 5.02 Å². The van der Waals surface area contributed by atoms with E-state index in [1.165, 1.54) is 12.0 Å². The molecule has 1 aliphatic rings. The third kappa shape index (κ3) is 3.15. The monoisotopic (exact) mass is 271 g/mol. The van der Waals surface area contributed by atoms with Gasteiger partial charge in [-0.3, -0.25) is 4.79 Å². The highest BCUT2D eigenvalue weighted by Gasteiger charge is 2.22. The Morgan fingerprint density at radius 1 is 1.65 bits per heavy atom. The number of carbonyl (C=O) groups excluding carboxylic acids is 1. The van der Waals surface area contributed by atoms with Crippen molar-refractivity contribution in [3.63, 3.8) is 0 Å². The number of amides is 1. The molecule has 1 N–H and O–H groups in total. The van der Waals surface area contributed by atoms with Crippen molar-refractivity contribution in [2.45, 2.75) is 17.4 Å². The van der Waals surface area contributed by atoms with E-state index in [0.717, 1.165) is 17.7 Å². The molecule has 1 amide bonds. The van der Waals surface area contributed by atoms with Crippen LogP contribution in [0.25, 0.3) is 0 Å². The molecule has 0 bridgehead atoms. The number of nitrogens with one attached hydrogen (secondary N) is 1. The Bertz CT molecular complexity index is 425. The van der Waals surface area contributed by atoms with Crippen LogP contribution in [0.4, 0.5) is 0 Å². The van der Waals surface area contributed by atoms with Crippen molar-refractivity contribution in [1.29, 1.82) is 0 Å². The number of carbonyl (C=O) groups is 1. The molecule has 1 unspecified atom stereocenters. The predicted octanol–water partition coefficient (Wildman–Crippen LogP) is 2.64. The Morgan fingerprint density at radius 2 is 2.47 bits per heavy atom. The summed E-state index contributed by atoms with van der Waals surface area (Å²) in [6.07, 6.45) is 0.924. The van der Waals surface area contributed by atoms with Crippen molar-refractivity contribution >= 4 is 29.3 Å². The van der Waals surface area contributed by atoms with E-state index in [-0.39, 0.29) is 18.6 Å². The second kappa shape index (κ2) is 5.76. The van der Waals surface area contributed by atoms with Crippen LogP contribution in [0, 0.1) is 0 Å². The topological polar surface area (TPSA) is 38.3 Å². The maximum Gasteiger partial charge on any atom is 0.246 e. The van der Waals surface area contributed by atoms with Gasteiger partial charge in [-0.25, -0.2) is 0 Å². The van der Waals surface area contributed by atoms with E-state index < -0.39 is 0 Å². The third-order valence-electron chi connectivity index (χ3n) is 2.62. The number of hydrogen-bond donors (Lipinski definition) is 1. The Kier molecular flexibility index (Phi) is 4.31. The molecule has 1 heterocycles. The summed E-state index contributed by atoms with van der Waals surface area (Å²) >= 11 is 7.79. The molecule has 0 aliphatic carbocycles. The lowest BCUT2D eigenvalue weighted by atomic mass is 10.0. The standard InChI is InChI=1S/C12H14ClNO2S/c1-16-7-12(15)14-10-4-5-17-11-3-2-8(13)6-9(10)11/h2-3,6,10H,4-5,7H2,1H3,(H,14,15). The molecule has 0 spiro atoms.